The molecule has 2 unspecified atom stereocenters. The summed E-state index contributed by atoms with van der Waals surface area (Å²) < 4.78 is 0. The van der Waals surface area contributed by atoms with Gasteiger partial charge in [0.15, 0.2) is 0 Å². The van der Waals surface area contributed by atoms with Gasteiger partial charge in [-0.15, -0.1) is 0 Å². The van der Waals surface area contributed by atoms with Gasteiger partial charge >= 0.3 is 0 Å². The molecule has 0 saturated carbocycles. The second kappa shape index (κ2) is 5.40. The first kappa shape index (κ1) is 12.9. The van der Waals surface area contributed by atoms with E-state index in [2.05, 4.69) is 19.3 Å². The average Bonchev–Trinajstić information content (AvgIpc) is 2.34. The lowest BCUT2D eigenvalue weighted by molar-refractivity contribution is 0.0369. The van der Waals surface area contributed by atoms with Crippen LogP contribution in [0.1, 0.15) is 43.5 Å². The molecule has 1 fully saturated rings. The van der Waals surface area contributed by atoms with Crippen molar-refractivity contribution in [2.75, 3.05) is 0 Å². The molecule has 1 aliphatic heterocycles. The van der Waals surface area contributed by atoms with Gasteiger partial charge in [0.1, 0.15) is 5.75 Å². The van der Waals surface area contributed by atoms with E-state index in [1.807, 2.05) is 5.01 Å². The van der Waals surface area contributed by atoms with Crippen LogP contribution < -0.4 is 5.43 Å². The molecule has 1 amide bonds. The smallest absolute Gasteiger partial charge is 0.265 e. The maximum atomic E-state index is 12.1. The minimum Gasteiger partial charge on any atom is -0.508 e. The Hall–Kier alpha value is -1.55. The first-order valence-electron chi connectivity index (χ1n) is 6.46. The number of carbonyl (C=O) groups is 1. The molecule has 4 heteroatoms. The molecule has 1 saturated heterocycles. The summed E-state index contributed by atoms with van der Waals surface area (Å²) in [5.41, 5.74) is 3.43. The molecule has 0 spiro atoms. The van der Waals surface area contributed by atoms with E-state index in [-0.39, 0.29) is 11.7 Å². The molecule has 0 aromatic heterocycles. The summed E-state index contributed by atoms with van der Waals surface area (Å²) in [4.78, 5) is 12.1. The summed E-state index contributed by atoms with van der Waals surface area (Å²) in [6.45, 7) is 4.25. The highest BCUT2D eigenvalue weighted by molar-refractivity contribution is 5.94. The zero-order valence-electron chi connectivity index (χ0n) is 10.9. The Kier molecular flexibility index (Phi) is 3.87. The topological polar surface area (TPSA) is 52.6 Å². The summed E-state index contributed by atoms with van der Waals surface area (Å²) in [5.74, 6) is -0.0473. The van der Waals surface area contributed by atoms with Crippen LogP contribution in [0.4, 0.5) is 0 Å². The monoisotopic (exact) mass is 248 g/mol. The van der Waals surface area contributed by atoms with Crippen LogP contribution in [0.25, 0.3) is 0 Å². The zero-order valence-corrected chi connectivity index (χ0v) is 10.9. The summed E-state index contributed by atoms with van der Waals surface area (Å²) in [7, 11) is 0. The second-order valence-corrected chi connectivity index (χ2v) is 5.03. The molecule has 1 aliphatic rings. The molecular formula is C14H20N2O2. The average molecular weight is 248 g/mol. The van der Waals surface area contributed by atoms with E-state index in [9.17, 15) is 9.90 Å². The number of hydrogen-bond donors (Lipinski definition) is 2. The Morgan fingerprint density at radius 3 is 2.61 bits per heavy atom. The van der Waals surface area contributed by atoms with Crippen molar-refractivity contribution < 1.29 is 9.90 Å². The molecule has 4 nitrogen and oxygen atoms in total. The summed E-state index contributed by atoms with van der Waals surface area (Å²) in [6, 6.07) is 7.13. The van der Waals surface area contributed by atoms with Crippen molar-refractivity contribution in [3.63, 3.8) is 0 Å². The Morgan fingerprint density at radius 2 is 2.00 bits per heavy atom. The van der Waals surface area contributed by atoms with Crippen LogP contribution in [0.2, 0.25) is 0 Å². The van der Waals surface area contributed by atoms with E-state index in [0.29, 0.717) is 17.6 Å². The van der Waals surface area contributed by atoms with Gasteiger partial charge in [-0.05, 0) is 44.9 Å². The molecule has 18 heavy (non-hydrogen) atoms. The van der Waals surface area contributed by atoms with Gasteiger partial charge in [-0.1, -0.05) is 12.5 Å². The number of nitrogens with zero attached hydrogens (tertiary/aromatic N) is 1. The molecule has 2 N–H and O–H groups in total. The minimum atomic E-state index is -0.161. The molecule has 0 bridgehead atoms. The Morgan fingerprint density at radius 1 is 1.33 bits per heavy atom. The third kappa shape index (κ3) is 2.82. The fourth-order valence-electron chi connectivity index (χ4n) is 2.47. The highest BCUT2D eigenvalue weighted by Gasteiger charge is 2.26. The van der Waals surface area contributed by atoms with Gasteiger partial charge in [0.2, 0.25) is 0 Å². The van der Waals surface area contributed by atoms with Crippen molar-refractivity contribution in [3.8, 4) is 5.75 Å². The summed E-state index contributed by atoms with van der Waals surface area (Å²) in [5, 5.41) is 11.4. The number of nitrogens with one attached hydrogen (secondary N) is 1. The van der Waals surface area contributed by atoms with E-state index in [4.69, 9.17) is 0 Å². The molecule has 98 valence electrons. The molecule has 0 radical (unpaired) electrons. The normalized spacial score (nSPS) is 24.8. The highest BCUT2D eigenvalue weighted by atomic mass is 16.3. The number of benzene rings is 1. The lowest BCUT2D eigenvalue weighted by Crippen LogP contribution is -2.54. The maximum Gasteiger partial charge on any atom is 0.265 e. The number of amides is 1. The van der Waals surface area contributed by atoms with Crippen LogP contribution in [0.5, 0.6) is 5.75 Å². The fraction of sp³-hybridized carbons (Fsp3) is 0.500. The number of carbonyl (C=O) groups excluding carboxylic acids is 1. The largest absolute Gasteiger partial charge is 0.508 e. The van der Waals surface area contributed by atoms with E-state index < -0.39 is 0 Å². The summed E-state index contributed by atoms with van der Waals surface area (Å²) >= 11 is 0. The number of piperidine rings is 1. The third-order valence-electron chi connectivity index (χ3n) is 3.53. The van der Waals surface area contributed by atoms with Crippen molar-refractivity contribution in [3.05, 3.63) is 29.8 Å². The third-order valence-corrected chi connectivity index (χ3v) is 3.53. The highest BCUT2D eigenvalue weighted by Crippen LogP contribution is 2.20. The molecule has 2 atom stereocenters. The van der Waals surface area contributed by atoms with E-state index in [1.54, 1.807) is 18.2 Å². The van der Waals surface area contributed by atoms with Crippen molar-refractivity contribution in [1.82, 2.24) is 10.4 Å². The number of rotatable bonds is 2. The van der Waals surface area contributed by atoms with Crippen molar-refractivity contribution >= 4 is 5.91 Å². The van der Waals surface area contributed by atoms with E-state index >= 15 is 0 Å². The molecule has 1 heterocycles. The predicted molar refractivity (Wildman–Crippen MR) is 70.2 cm³/mol. The van der Waals surface area contributed by atoms with Gasteiger partial charge in [-0.2, -0.15) is 0 Å². The van der Waals surface area contributed by atoms with Gasteiger partial charge in [-0.3, -0.25) is 10.2 Å². The Bertz CT molecular complexity index is 424. The van der Waals surface area contributed by atoms with Gasteiger partial charge in [0, 0.05) is 17.6 Å². The number of phenolic OH excluding ortho intramolecular Hbond substituents is 1. The van der Waals surface area contributed by atoms with Crippen molar-refractivity contribution in [2.45, 2.75) is 45.2 Å². The fourth-order valence-corrected chi connectivity index (χ4v) is 2.47. The van der Waals surface area contributed by atoms with Crippen LogP contribution in [0.3, 0.4) is 0 Å². The quantitative estimate of drug-likeness (QED) is 0.844. The van der Waals surface area contributed by atoms with E-state index in [1.165, 1.54) is 12.5 Å². The number of aromatic hydroxyl groups is 1. The van der Waals surface area contributed by atoms with Gasteiger partial charge < -0.3 is 5.11 Å². The lowest BCUT2D eigenvalue weighted by atomic mass is 10.00. The molecule has 0 aliphatic carbocycles. The molecular weight excluding hydrogens is 228 g/mol. The predicted octanol–water partition coefficient (Wildman–Crippen LogP) is 2.30. The minimum absolute atomic E-state index is 0.113. The Balaban J connectivity index is 2.06. The van der Waals surface area contributed by atoms with Crippen LogP contribution in [0, 0.1) is 0 Å². The van der Waals surface area contributed by atoms with Gasteiger partial charge in [-0.25, -0.2) is 5.01 Å². The maximum absolute atomic E-state index is 12.1. The SMILES string of the molecule is CC1CCCC(C)N1NC(=O)c1cccc(O)c1. The number of hydrazine groups is 1. The first-order chi connectivity index (χ1) is 8.58. The lowest BCUT2D eigenvalue weighted by Gasteiger charge is -2.38. The van der Waals surface area contributed by atoms with Crippen LogP contribution in [-0.2, 0) is 0 Å². The van der Waals surface area contributed by atoms with Crippen LogP contribution in [0.15, 0.2) is 24.3 Å². The summed E-state index contributed by atoms with van der Waals surface area (Å²) in [6.07, 6.45) is 3.41. The Labute approximate surface area is 108 Å². The standard InChI is InChI=1S/C14H20N2O2/c1-10-5-3-6-11(2)16(10)15-14(18)12-7-4-8-13(17)9-12/h4,7-11,17H,3,5-6H2,1-2H3,(H,15,18). The second-order valence-electron chi connectivity index (χ2n) is 5.03. The zero-order chi connectivity index (χ0) is 13.1. The molecule has 1 aromatic rings. The number of hydrogen-bond acceptors (Lipinski definition) is 3. The molecule has 1 aromatic carbocycles. The molecule has 2 rings (SSSR count). The van der Waals surface area contributed by atoms with Crippen molar-refractivity contribution in [2.24, 2.45) is 0 Å². The van der Waals surface area contributed by atoms with Crippen LogP contribution in [-0.4, -0.2) is 28.1 Å². The first-order valence-corrected chi connectivity index (χ1v) is 6.46. The number of phenols is 1. The van der Waals surface area contributed by atoms with Gasteiger partial charge in [0.05, 0.1) is 0 Å². The van der Waals surface area contributed by atoms with E-state index in [0.717, 1.165) is 12.8 Å². The van der Waals surface area contributed by atoms with Crippen molar-refractivity contribution in [1.29, 1.82) is 0 Å². The van der Waals surface area contributed by atoms with Crippen LogP contribution >= 0.6 is 0 Å². The van der Waals surface area contributed by atoms with Gasteiger partial charge in [0.25, 0.3) is 5.91 Å².